The summed E-state index contributed by atoms with van der Waals surface area (Å²) in [4.78, 5) is 11.2. The highest BCUT2D eigenvalue weighted by Gasteiger charge is 2.48. The van der Waals surface area contributed by atoms with Gasteiger partial charge in [0.25, 0.3) is 0 Å². The van der Waals surface area contributed by atoms with Gasteiger partial charge in [-0.25, -0.2) is 0 Å². The molecule has 2 aliphatic heterocycles. The van der Waals surface area contributed by atoms with Gasteiger partial charge in [-0.15, -0.1) is 0 Å². The molecule has 2 saturated heterocycles. The standard InChI is InChI=1S/C10H14O2/c11-7-1-2-9-6(3-7)4-8-5-10(9)12-8/h6,8-10H,1-5H2. The van der Waals surface area contributed by atoms with E-state index in [9.17, 15) is 4.79 Å². The Morgan fingerprint density at radius 2 is 2.17 bits per heavy atom. The summed E-state index contributed by atoms with van der Waals surface area (Å²) in [5.74, 6) is 1.90. The van der Waals surface area contributed by atoms with Gasteiger partial charge in [0, 0.05) is 19.3 Å². The van der Waals surface area contributed by atoms with E-state index in [0.29, 0.717) is 23.9 Å². The number of Topliss-reactive ketones (excluding diaryl/α,β-unsaturated/α-hetero) is 1. The van der Waals surface area contributed by atoms with E-state index in [-0.39, 0.29) is 0 Å². The second-order valence-corrected chi connectivity index (χ2v) is 4.47. The van der Waals surface area contributed by atoms with Gasteiger partial charge in [-0.3, -0.25) is 4.79 Å². The predicted molar refractivity (Wildman–Crippen MR) is 43.7 cm³/mol. The van der Waals surface area contributed by atoms with Gasteiger partial charge in [-0.05, 0) is 24.7 Å². The number of carbonyl (C=O) groups is 1. The van der Waals surface area contributed by atoms with Crippen LogP contribution in [-0.2, 0) is 9.53 Å². The van der Waals surface area contributed by atoms with Gasteiger partial charge < -0.3 is 4.74 Å². The summed E-state index contributed by atoms with van der Waals surface area (Å²) in [6.07, 6.45) is 6.24. The largest absolute Gasteiger partial charge is 0.374 e. The molecule has 4 fully saturated rings. The minimum Gasteiger partial charge on any atom is -0.374 e. The lowest BCUT2D eigenvalue weighted by molar-refractivity contribution is -0.212. The quantitative estimate of drug-likeness (QED) is 0.545. The van der Waals surface area contributed by atoms with Crippen LogP contribution in [0.15, 0.2) is 0 Å². The Bertz CT molecular complexity index is 218. The molecule has 2 aliphatic carbocycles. The van der Waals surface area contributed by atoms with Crippen LogP contribution in [0.25, 0.3) is 0 Å². The highest BCUT2D eigenvalue weighted by atomic mass is 16.5. The zero-order valence-electron chi connectivity index (χ0n) is 7.16. The lowest BCUT2D eigenvalue weighted by Gasteiger charge is -2.52. The average Bonchev–Trinajstić information content (AvgIpc) is 2.01. The van der Waals surface area contributed by atoms with Crippen LogP contribution < -0.4 is 0 Å². The molecule has 2 heterocycles. The Morgan fingerprint density at radius 3 is 3.00 bits per heavy atom. The summed E-state index contributed by atoms with van der Waals surface area (Å²) in [5.41, 5.74) is 0. The number of carbonyl (C=O) groups excluding carboxylic acids is 1. The van der Waals surface area contributed by atoms with Gasteiger partial charge in [0.2, 0.25) is 0 Å². The van der Waals surface area contributed by atoms with E-state index in [2.05, 4.69) is 0 Å². The van der Waals surface area contributed by atoms with Crippen molar-refractivity contribution in [2.24, 2.45) is 11.8 Å². The smallest absolute Gasteiger partial charge is 0.133 e. The molecule has 2 saturated carbocycles. The van der Waals surface area contributed by atoms with Crippen molar-refractivity contribution < 1.29 is 9.53 Å². The molecule has 4 aliphatic rings. The van der Waals surface area contributed by atoms with E-state index >= 15 is 0 Å². The zero-order chi connectivity index (χ0) is 8.13. The third-order valence-electron chi connectivity index (χ3n) is 3.76. The molecule has 0 aromatic rings. The summed E-state index contributed by atoms with van der Waals surface area (Å²) in [6.45, 7) is 0. The maximum atomic E-state index is 11.2. The lowest BCUT2D eigenvalue weighted by atomic mass is 9.65. The first-order valence-electron chi connectivity index (χ1n) is 5.00. The van der Waals surface area contributed by atoms with E-state index < -0.39 is 0 Å². The van der Waals surface area contributed by atoms with Crippen molar-refractivity contribution in [1.29, 1.82) is 0 Å². The maximum Gasteiger partial charge on any atom is 0.133 e. The Morgan fingerprint density at radius 1 is 1.33 bits per heavy atom. The molecule has 2 heteroatoms. The highest BCUT2D eigenvalue weighted by molar-refractivity contribution is 5.79. The molecular weight excluding hydrogens is 152 g/mol. The summed E-state index contributed by atoms with van der Waals surface area (Å²) in [6, 6.07) is 0. The van der Waals surface area contributed by atoms with E-state index in [4.69, 9.17) is 4.74 Å². The van der Waals surface area contributed by atoms with Crippen LogP contribution in [0.2, 0.25) is 0 Å². The van der Waals surface area contributed by atoms with Crippen LogP contribution in [0.1, 0.15) is 32.1 Å². The zero-order valence-corrected chi connectivity index (χ0v) is 7.16. The van der Waals surface area contributed by atoms with Gasteiger partial charge in [0.15, 0.2) is 0 Å². The molecule has 0 N–H and O–H groups in total. The van der Waals surface area contributed by atoms with E-state index in [1.807, 2.05) is 0 Å². The van der Waals surface area contributed by atoms with E-state index in [1.165, 1.54) is 6.42 Å². The van der Waals surface area contributed by atoms with Gasteiger partial charge in [0.05, 0.1) is 12.2 Å². The first-order chi connectivity index (χ1) is 5.83. The number of ether oxygens (including phenoxy) is 1. The molecule has 0 aromatic heterocycles. The van der Waals surface area contributed by atoms with Crippen molar-refractivity contribution in [2.75, 3.05) is 0 Å². The van der Waals surface area contributed by atoms with Gasteiger partial charge in [-0.1, -0.05) is 0 Å². The van der Waals surface area contributed by atoms with Crippen molar-refractivity contribution in [3.8, 4) is 0 Å². The minimum atomic E-state index is 0.484. The first-order valence-corrected chi connectivity index (χ1v) is 5.00. The third kappa shape index (κ3) is 0.875. The molecule has 2 nitrogen and oxygen atoms in total. The van der Waals surface area contributed by atoms with Gasteiger partial charge in [0.1, 0.15) is 5.78 Å². The molecule has 0 spiro atoms. The fraction of sp³-hybridized carbons (Fsp3) is 0.900. The molecule has 66 valence electrons. The number of hydrogen-bond acceptors (Lipinski definition) is 2. The molecule has 2 bridgehead atoms. The van der Waals surface area contributed by atoms with Crippen molar-refractivity contribution in [2.45, 2.75) is 44.3 Å². The molecular formula is C10H14O2. The van der Waals surface area contributed by atoms with Crippen molar-refractivity contribution in [1.82, 2.24) is 0 Å². The minimum absolute atomic E-state index is 0.484. The summed E-state index contributed by atoms with van der Waals surface area (Å²) in [5, 5.41) is 0. The van der Waals surface area contributed by atoms with Crippen LogP contribution in [0.5, 0.6) is 0 Å². The van der Waals surface area contributed by atoms with Crippen LogP contribution in [-0.4, -0.2) is 18.0 Å². The van der Waals surface area contributed by atoms with Crippen LogP contribution in [0.3, 0.4) is 0 Å². The third-order valence-corrected chi connectivity index (χ3v) is 3.76. The van der Waals surface area contributed by atoms with Crippen molar-refractivity contribution in [3.63, 3.8) is 0 Å². The van der Waals surface area contributed by atoms with Gasteiger partial charge in [-0.2, -0.15) is 0 Å². The van der Waals surface area contributed by atoms with Crippen LogP contribution in [0, 0.1) is 11.8 Å². The molecule has 0 amide bonds. The molecule has 0 aromatic carbocycles. The first kappa shape index (κ1) is 7.07. The Labute approximate surface area is 72.3 Å². The molecule has 4 unspecified atom stereocenters. The Kier molecular flexibility index (Phi) is 1.37. The fourth-order valence-electron chi connectivity index (χ4n) is 3.12. The molecule has 0 radical (unpaired) electrons. The summed E-state index contributed by atoms with van der Waals surface area (Å²) in [7, 11) is 0. The maximum absolute atomic E-state index is 11.2. The number of ketones is 1. The number of hydrogen-bond donors (Lipinski definition) is 0. The lowest BCUT2D eigenvalue weighted by Crippen LogP contribution is -2.53. The fourth-order valence-corrected chi connectivity index (χ4v) is 3.12. The SMILES string of the molecule is O=C1CCC2C(C1)CC1CC2O1. The van der Waals surface area contributed by atoms with E-state index in [0.717, 1.165) is 31.6 Å². The van der Waals surface area contributed by atoms with E-state index in [1.54, 1.807) is 0 Å². The Hall–Kier alpha value is -0.370. The van der Waals surface area contributed by atoms with Gasteiger partial charge >= 0.3 is 0 Å². The normalized spacial score (nSPS) is 51.2. The second-order valence-electron chi connectivity index (χ2n) is 4.47. The van der Waals surface area contributed by atoms with Crippen LogP contribution >= 0.6 is 0 Å². The molecule has 12 heavy (non-hydrogen) atoms. The molecule has 4 atom stereocenters. The predicted octanol–water partition coefficient (Wildman–Crippen LogP) is 1.53. The second kappa shape index (κ2) is 2.32. The Balaban J connectivity index is 1.78. The average molecular weight is 166 g/mol. The number of rotatable bonds is 0. The monoisotopic (exact) mass is 166 g/mol. The topological polar surface area (TPSA) is 26.3 Å². The molecule has 4 rings (SSSR count). The highest BCUT2D eigenvalue weighted by Crippen LogP contribution is 2.47. The summed E-state index contributed by atoms with van der Waals surface area (Å²) < 4.78 is 5.67. The van der Waals surface area contributed by atoms with Crippen molar-refractivity contribution in [3.05, 3.63) is 0 Å². The van der Waals surface area contributed by atoms with Crippen LogP contribution in [0.4, 0.5) is 0 Å². The summed E-state index contributed by atoms with van der Waals surface area (Å²) >= 11 is 0. The van der Waals surface area contributed by atoms with Crippen molar-refractivity contribution >= 4 is 5.78 Å².